The molecule has 0 bridgehead atoms. The Morgan fingerprint density at radius 3 is 2.89 bits per heavy atom. The van der Waals surface area contributed by atoms with Crippen LogP contribution >= 0.6 is 11.3 Å². The van der Waals surface area contributed by atoms with Crippen molar-refractivity contribution >= 4 is 32.9 Å². The first-order valence-corrected chi connectivity index (χ1v) is 6.73. The van der Waals surface area contributed by atoms with Crippen LogP contribution in [0.1, 0.15) is 11.9 Å². The van der Waals surface area contributed by atoms with Crippen LogP contribution in [-0.2, 0) is 4.74 Å². The molecule has 98 valence electrons. The molecule has 18 heavy (non-hydrogen) atoms. The standard InChI is InChI=1S/C13H19N3OS/c1-8(17-4)7-16(3)12-6-11-13(5-10(12)14)18-9(2)15-11/h5-6,8H,7,14H2,1-4H3. The third kappa shape index (κ3) is 2.57. The second kappa shape index (κ2) is 5.12. The monoisotopic (exact) mass is 265 g/mol. The molecule has 0 aliphatic carbocycles. The van der Waals surface area contributed by atoms with Gasteiger partial charge in [0.15, 0.2) is 0 Å². The highest BCUT2D eigenvalue weighted by molar-refractivity contribution is 7.18. The van der Waals surface area contributed by atoms with E-state index in [0.717, 1.165) is 33.1 Å². The van der Waals surface area contributed by atoms with Crippen LogP contribution in [0.5, 0.6) is 0 Å². The van der Waals surface area contributed by atoms with Crippen molar-refractivity contribution in [1.29, 1.82) is 0 Å². The topological polar surface area (TPSA) is 51.4 Å². The molecule has 1 aromatic heterocycles. The molecule has 0 saturated carbocycles. The first kappa shape index (κ1) is 13.1. The van der Waals surface area contributed by atoms with Crippen LogP contribution < -0.4 is 10.6 Å². The van der Waals surface area contributed by atoms with Gasteiger partial charge in [-0.1, -0.05) is 0 Å². The van der Waals surface area contributed by atoms with Crippen molar-refractivity contribution in [2.45, 2.75) is 20.0 Å². The summed E-state index contributed by atoms with van der Waals surface area (Å²) >= 11 is 1.67. The van der Waals surface area contributed by atoms with Crippen molar-refractivity contribution in [3.05, 3.63) is 17.1 Å². The van der Waals surface area contributed by atoms with Crippen molar-refractivity contribution in [1.82, 2.24) is 4.98 Å². The zero-order valence-corrected chi connectivity index (χ0v) is 12.0. The quantitative estimate of drug-likeness (QED) is 0.864. The van der Waals surface area contributed by atoms with Gasteiger partial charge in [-0.05, 0) is 26.0 Å². The van der Waals surface area contributed by atoms with Gasteiger partial charge in [0, 0.05) is 20.7 Å². The number of benzene rings is 1. The summed E-state index contributed by atoms with van der Waals surface area (Å²) < 4.78 is 6.42. The maximum atomic E-state index is 6.11. The number of thiazole rings is 1. The Morgan fingerprint density at radius 1 is 1.50 bits per heavy atom. The summed E-state index contributed by atoms with van der Waals surface area (Å²) in [6, 6.07) is 4.06. The van der Waals surface area contributed by atoms with Crippen LogP contribution in [0.15, 0.2) is 12.1 Å². The average molecular weight is 265 g/mol. The summed E-state index contributed by atoms with van der Waals surface area (Å²) in [5.41, 5.74) is 8.92. The number of hydrogen-bond acceptors (Lipinski definition) is 5. The Kier molecular flexibility index (Phi) is 3.73. The summed E-state index contributed by atoms with van der Waals surface area (Å²) in [6.45, 7) is 4.85. The lowest BCUT2D eigenvalue weighted by Crippen LogP contribution is -2.28. The third-order valence-electron chi connectivity index (χ3n) is 2.99. The maximum absolute atomic E-state index is 6.11. The van der Waals surface area contributed by atoms with Crippen LogP contribution in [0.4, 0.5) is 11.4 Å². The SMILES string of the molecule is COC(C)CN(C)c1cc2nc(C)sc2cc1N. The Hall–Kier alpha value is -1.33. The van der Waals surface area contributed by atoms with Gasteiger partial charge in [-0.2, -0.15) is 0 Å². The van der Waals surface area contributed by atoms with E-state index in [1.54, 1.807) is 18.4 Å². The first-order chi connectivity index (χ1) is 8.51. The van der Waals surface area contributed by atoms with Gasteiger partial charge in [0.05, 0.1) is 32.7 Å². The van der Waals surface area contributed by atoms with E-state index in [9.17, 15) is 0 Å². The lowest BCUT2D eigenvalue weighted by atomic mass is 10.2. The van der Waals surface area contributed by atoms with Gasteiger partial charge < -0.3 is 15.4 Å². The van der Waals surface area contributed by atoms with E-state index in [1.165, 1.54) is 0 Å². The summed E-state index contributed by atoms with van der Waals surface area (Å²) in [5, 5.41) is 1.06. The van der Waals surface area contributed by atoms with E-state index in [1.807, 2.05) is 27.0 Å². The molecule has 1 atom stereocenters. The molecule has 2 aromatic rings. The van der Waals surface area contributed by atoms with Gasteiger partial charge in [-0.3, -0.25) is 0 Å². The molecule has 1 heterocycles. The molecule has 4 nitrogen and oxygen atoms in total. The molecule has 5 heteroatoms. The lowest BCUT2D eigenvalue weighted by Gasteiger charge is -2.24. The maximum Gasteiger partial charge on any atom is 0.0907 e. The Morgan fingerprint density at radius 2 is 2.22 bits per heavy atom. The van der Waals surface area contributed by atoms with Crippen LogP contribution in [-0.4, -0.2) is 31.8 Å². The molecular weight excluding hydrogens is 246 g/mol. The number of aromatic nitrogens is 1. The number of hydrogen-bond donors (Lipinski definition) is 1. The van der Waals surface area contributed by atoms with E-state index < -0.39 is 0 Å². The van der Waals surface area contributed by atoms with E-state index >= 15 is 0 Å². The number of aryl methyl sites for hydroxylation is 1. The van der Waals surface area contributed by atoms with Gasteiger partial charge in [0.1, 0.15) is 0 Å². The molecule has 1 unspecified atom stereocenters. The summed E-state index contributed by atoms with van der Waals surface area (Å²) in [7, 11) is 3.74. The first-order valence-electron chi connectivity index (χ1n) is 5.92. The molecule has 0 saturated heterocycles. The van der Waals surface area contributed by atoms with Crippen molar-refractivity contribution < 1.29 is 4.74 Å². The highest BCUT2D eigenvalue weighted by atomic mass is 32.1. The lowest BCUT2D eigenvalue weighted by molar-refractivity contribution is 0.124. The van der Waals surface area contributed by atoms with E-state index in [2.05, 4.69) is 16.0 Å². The van der Waals surface area contributed by atoms with E-state index in [0.29, 0.717) is 0 Å². The second-order valence-electron chi connectivity index (χ2n) is 4.54. The fourth-order valence-electron chi connectivity index (χ4n) is 1.98. The van der Waals surface area contributed by atoms with Crippen LogP contribution in [0.25, 0.3) is 10.2 Å². The van der Waals surface area contributed by atoms with Crippen molar-refractivity contribution in [2.24, 2.45) is 0 Å². The van der Waals surface area contributed by atoms with Gasteiger partial charge in [-0.25, -0.2) is 4.98 Å². The molecule has 1 aromatic carbocycles. The van der Waals surface area contributed by atoms with Crippen LogP contribution in [0.2, 0.25) is 0 Å². The number of nitrogens with zero attached hydrogens (tertiary/aromatic N) is 2. The number of nitrogen functional groups attached to an aromatic ring is 1. The molecular formula is C13H19N3OS. The van der Waals surface area contributed by atoms with E-state index in [4.69, 9.17) is 10.5 Å². The smallest absolute Gasteiger partial charge is 0.0907 e. The number of ether oxygens (including phenoxy) is 1. The van der Waals surface area contributed by atoms with Crippen LogP contribution in [0.3, 0.4) is 0 Å². The minimum absolute atomic E-state index is 0.169. The molecule has 0 fully saturated rings. The number of likely N-dealkylation sites (N-methyl/N-ethyl adjacent to an activating group) is 1. The summed E-state index contributed by atoms with van der Waals surface area (Å²) in [4.78, 5) is 6.61. The zero-order chi connectivity index (χ0) is 13.3. The minimum Gasteiger partial charge on any atom is -0.397 e. The largest absolute Gasteiger partial charge is 0.397 e. The normalized spacial score (nSPS) is 12.9. The highest BCUT2D eigenvalue weighted by Crippen LogP contribution is 2.31. The zero-order valence-electron chi connectivity index (χ0n) is 11.2. The van der Waals surface area contributed by atoms with Crippen LogP contribution in [0, 0.1) is 6.92 Å². The molecule has 0 spiro atoms. The number of methoxy groups -OCH3 is 1. The second-order valence-corrected chi connectivity index (χ2v) is 5.77. The average Bonchev–Trinajstić information content (AvgIpc) is 2.66. The predicted molar refractivity (Wildman–Crippen MR) is 78.5 cm³/mol. The fraction of sp³-hybridized carbons (Fsp3) is 0.462. The van der Waals surface area contributed by atoms with Crippen molar-refractivity contribution in [3.8, 4) is 0 Å². The molecule has 0 aliphatic heterocycles. The summed E-state index contributed by atoms with van der Waals surface area (Å²) in [6.07, 6.45) is 0.169. The van der Waals surface area contributed by atoms with E-state index in [-0.39, 0.29) is 6.10 Å². The molecule has 0 radical (unpaired) electrons. The Bertz CT molecular complexity index is 552. The van der Waals surface area contributed by atoms with Gasteiger partial charge in [-0.15, -0.1) is 11.3 Å². The van der Waals surface area contributed by atoms with Crippen molar-refractivity contribution in [3.63, 3.8) is 0 Å². The molecule has 2 N–H and O–H groups in total. The predicted octanol–water partition coefficient (Wildman–Crippen LogP) is 2.66. The summed E-state index contributed by atoms with van der Waals surface area (Å²) in [5.74, 6) is 0. The third-order valence-corrected chi connectivity index (χ3v) is 3.92. The number of fused-ring (bicyclic) bond motifs is 1. The number of anilines is 2. The van der Waals surface area contributed by atoms with Gasteiger partial charge in [0.2, 0.25) is 0 Å². The Balaban J connectivity index is 2.34. The highest BCUT2D eigenvalue weighted by Gasteiger charge is 2.12. The molecule has 2 rings (SSSR count). The number of nitrogens with two attached hydrogens (primary N) is 1. The number of rotatable bonds is 4. The van der Waals surface area contributed by atoms with Gasteiger partial charge >= 0.3 is 0 Å². The molecule has 0 aliphatic rings. The molecule has 0 amide bonds. The Labute approximate surface area is 111 Å². The van der Waals surface area contributed by atoms with Crippen molar-refractivity contribution in [2.75, 3.05) is 31.3 Å². The fourth-order valence-corrected chi connectivity index (χ4v) is 2.84. The van der Waals surface area contributed by atoms with Gasteiger partial charge in [0.25, 0.3) is 0 Å². The minimum atomic E-state index is 0.169.